The first-order chi connectivity index (χ1) is 5.79. The van der Waals surface area contributed by atoms with Crippen LogP contribution in [0.5, 0.6) is 0 Å². The van der Waals surface area contributed by atoms with Crippen LogP contribution < -0.4 is 0 Å². The number of aromatic nitrogens is 1. The van der Waals surface area contributed by atoms with Gasteiger partial charge in [0.2, 0.25) is 0 Å². The Kier molecular flexibility index (Phi) is 1.64. The summed E-state index contributed by atoms with van der Waals surface area (Å²) < 4.78 is 1.91. The van der Waals surface area contributed by atoms with Gasteiger partial charge in [-0.25, -0.2) is 4.79 Å². The van der Waals surface area contributed by atoms with E-state index in [2.05, 4.69) is 0 Å². The maximum Gasteiger partial charge on any atom is 0.352 e. The summed E-state index contributed by atoms with van der Waals surface area (Å²) in [6.07, 6.45) is 3.30. The van der Waals surface area contributed by atoms with Crippen molar-refractivity contribution in [3.63, 3.8) is 0 Å². The Balaban J connectivity index is 2.44. The lowest BCUT2D eigenvalue weighted by molar-refractivity contribution is 0.0684. The minimum atomic E-state index is -0.817. The second kappa shape index (κ2) is 2.66. The molecule has 1 aromatic rings. The van der Waals surface area contributed by atoms with Gasteiger partial charge >= 0.3 is 5.97 Å². The number of rotatable bonds is 1. The van der Waals surface area contributed by atoms with Gasteiger partial charge in [-0.05, 0) is 31.4 Å². The standard InChI is InChI=1S/C9H11NO2/c11-9(12)8-5-4-7-3-1-2-6-10(7)8/h4-5H,1-3,6H2,(H,11,12). The number of fused-ring (bicyclic) bond motifs is 1. The summed E-state index contributed by atoms with van der Waals surface area (Å²) >= 11 is 0. The summed E-state index contributed by atoms with van der Waals surface area (Å²) in [6, 6.07) is 3.62. The molecule has 12 heavy (non-hydrogen) atoms. The number of nitrogens with zero attached hydrogens (tertiary/aromatic N) is 1. The molecule has 1 aliphatic rings. The smallest absolute Gasteiger partial charge is 0.352 e. The van der Waals surface area contributed by atoms with Gasteiger partial charge in [0.25, 0.3) is 0 Å². The Morgan fingerprint density at radius 3 is 3.00 bits per heavy atom. The zero-order valence-corrected chi connectivity index (χ0v) is 6.79. The summed E-state index contributed by atoms with van der Waals surface area (Å²) in [5.41, 5.74) is 1.60. The molecule has 2 rings (SSSR count). The molecule has 3 heteroatoms. The minimum absolute atomic E-state index is 0.435. The molecular formula is C9H11NO2. The van der Waals surface area contributed by atoms with E-state index in [-0.39, 0.29) is 0 Å². The van der Waals surface area contributed by atoms with Crippen LogP contribution in [0.15, 0.2) is 12.1 Å². The quantitative estimate of drug-likeness (QED) is 0.685. The highest BCUT2D eigenvalue weighted by Crippen LogP contribution is 2.18. The van der Waals surface area contributed by atoms with E-state index in [0.717, 1.165) is 19.4 Å². The fourth-order valence-electron chi connectivity index (χ4n) is 1.75. The molecule has 0 saturated heterocycles. The molecular weight excluding hydrogens is 154 g/mol. The molecule has 1 aromatic heterocycles. The third kappa shape index (κ3) is 1.02. The van der Waals surface area contributed by atoms with Crippen LogP contribution in [0, 0.1) is 0 Å². The summed E-state index contributed by atoms with van der Waals surface area (Å²) in [7, 11) is 0. The number of carboxylic acids is 1. The van der Waals surface area contributed by atoms with E-state index >= 15 is 0 Å². The first kappa shape index (κ1) is 7.40. The largest absolute Gasteiger partial charge is 0.477 e. The van der Waals surface area contributed by atoms with Gasteiger partial charge in [-0.2, -0.15) is 0 Å². The molecule has 1 aliphatic heterocycles. The lowest BCUT2D eigenvalue weighted by atomic mass is 10.1. The monoisotopic (exact) mass is 165 g/mol. The van der Waals surface area contributed by atoms with Crippen molar-refractivity contribution in [3.05, 3.63) is 23.5 Å². The predicted octanol–water partition coefficient (Wildman–Crippen LogP) is 1.52. The van der Waals surface area contributed by atoms with Gasteiger partial charge in [0.15, 0.2) is 0 Å². The number of hydrogen-bond acceptors (Lipinski definition) is 1. The lowest BCUT2D eigenvalue weighted by Gasteiger charge is -2.16. The normalized spacial score (nSPS) is 15.7. The molecule has 1 N–H and O–H groups in total. The fourth-order valence-corrected chi connectivity index (χ4v) is 1.75. The molecule has 0 unspecified atom stereocenters. The van der Waals surface area contributed by atoms with E-state index in [1.165, 1.54) is 12.1 Å². The first-order valence-corrected chi connectivity index (χ1v) is 4.21. The van der Waals surface area contributed by atoms with Crippen LogP contribution >= 0.6 is 0 Å². The fraction of sp³-hybridized carbons (Fsp3) is 0.444. The van der Waals surface area contributed by atoms with Crippen molar-refractivity contribution < 1.29 is 9.90 Å². The second-order valence-electron chi connectivity index (χ2n) is 3.12. The SMILES string of the molecule is O=C(O)c1ccc2n1CCCC2. The number of hydrogen-bond donors (Lipinski definition) is 1. The van der Waals surface area contributed by atoms with Crippen LogP contribution in [-0.2, 0) is 13.0 Å². The van der Waals surface area contributed by atoms with E-state index in [9.17, 15) is 4.79 Å². The summed E-state index contributed by atoms with van der Waals surface area (Å²) in [4.78, 5) is 10.7. The molecule has 0 saturated carbocycles. The predicted molar refractivity (Wildman–Crippen MR) is 44.3 cm³/mol. The van der Waals surface area contributed by atoms with Gasteiger partial charge in [-0.3, -0.25) is 0 Å². The van der Waals surface area contributed by atoms with Crippen LogP contribution in [0.1, 0.15) is 29.0 Å². The maximum atomic E-state index is 10.7. The van der Waals surface area contributed by atoms with Gasteiger partial charge in [-0.15, -0.1) is 0 Å². The Bertz CT molecular complexity index is 314. The van der Waals surface area contributed by atoms with Crippen LogP contribution in [0.2, 0.25) is 0 Å². The van der Waals surface area contributed by atoms with E-state index < -0.39 is 5.97 Å². The molecule has 0 spiro atoms. The Labute approximate surface area is 70.6 Å². The van der Waals surface area contributed by atoms with Crippen LogP contribution in [0.25, 0.3) is 0 Å². The highest BCUT2D eigenvalue weighted by molar-refractivity contribution is 5.86. The second-order valence-corrected chi connectivity index (χ2v) is 3.12. The third-order valence-corrected chi connectivity index (χ3v) is 2.35. The minimum Gasteiger partial charge on any atom is -0.477 e. The molecule has 0 aliphatic carbocycles. The van der Waals surface area contributed by atoms with E-state index in [1.54, 1.807) is 6.07 Å². The summed E-state index contributed by atoms with van der Waals surface area (Å²) in [6.45, 7) is 0.865. The van der Waals surface area contributed by atoms with Crippen molar-refractivity contribution in [1.82, 2.24) is 4.57 Å². The molecule has 3 nitrogen and oxygen atoms in total. The van der Waals surface area contributed by atoms with Crippen molar-refractivity contribution in [3.8, 4) is 0 Å². The van der Waals surface area contributed by atoms with Crippen molar-refractivity contribution in [2.75, 3.05) is 0 Å². The van der Waals surface area contributed by atoms with Crippen LogP contribution in [0.4, 0.5) is 0 Å². The molecule has 0 amide bonds. The highest BCUT2D eigenvalue weighted by Gasteiger charge is 2.15. The van der Waals surface area contributed by atoms with Gasteiger partial charge in [0.05, 0.1) is 0 Å². The maximum absolute atomic E-state index is 10.7. The topological polar surface area (TPSA) is 42.2 Å². The Morgan fingerprint density at radius 2 is 2.25 bits per heavy atom. The molecule has 2 heterocycles. The molecule has 64 valence electrons. The average molecular weight is 165 g/mol. The van der Waals surface area contributed by atoms with Gasteiger partial charge in [0, 0.05) is 12.2 Å². The summed E-state index contributed by atoms with van der Waals surface area (Å²) in [5.74, 6) is -0.817. The van der Waals surface area contributed by atoms with E-state index in [1.807, 2.05) is 10.6 Å². The number of aromatic carboxylic acids is 1. The zero-order valence-electron chi connectivity index (χ0n) is 6.79. The van der Waals surface area contributed by atoms with Gasteiger partial charge < -0.3 is 9.67 Å². The van der Waals surface area contributed by atoms with Crippen molar-refractivity contribution in [2.45, 2.75) is 25.8 Å². The van der Waals surface area contributed by atoms with Crippen LogP contribution in [0.3, 0.4) is 0 Å². The van der Waals surface area contributed by atoms with Gasteiger partial charge in [-0.1, -0.05) is 0 Å². The lowest BCUT2D eigenvalue weighted by Crippen LogP contribution is -2.15. The van der Waals surface area contributed by atoms with E-state index in [0.29, 0.717) is 5.69 Å². The number of aryl methyl sites for hydroxylation is 1. The molecule has 0 radical (unpaired) electrons. The Morgan fingerprint density at radius 1 is 1.42 bits per heavy atom. The number of carboxylic acid groups (broad SMARTS) is 1. The Hall–Kier alpha value is -1.25. The highest BCUT2D eigenvalue weighted by atomic mass is 16.4. The van der Waals surface area contributed by atoms with Crippen molar-refractivity contribution in [1.29, 1.82) is 0 Å². The van der Waals surface area contributed by atoms with E-state index in [4.69, 9.17) is 5.11 Å². The molecule has 0 bridgehead atoms. The molecule has 0 fully saturated rings. The van der Waals surface area contributed by atoms with Gasteiger partial charge in [0.1, 0.15) is 5.69 Å². The van der Waals surface area contributed by atoms with Crippen molar-refractivity contribution in [2.24, 2.45) is 0 Å². The van der Waals surface area contributed by atoms with Crippen molar-refractivity contribution >= 4 is 5.97 Å². The average Bonchev–Trinajstić information content (AvgIpc) is 2.47. The first-order valence-electron chi connectivity index (χ1n) is 4.21. The number of carbonyl (C=O) groups is 1. The molecule has 0 atom stereocenters. The third-order valence-electron chi connectivity index (χ3n) is 2.35. The zero-order chi connectivity index (χ0) is 8.55. The summed E-state index contributed by atoms with van der Waals surface area (Å²) in [5, 5.41) is 8.81. The van der Waals surface area contributed by atoms with Crippen LogP contribution in [-0.4, -0.2) is 15.6 Å². The molecule has 0 aromatic carbocycles.